The Balaban J connectivity index is 2.02. The highest BCUT2D eigenvalue weighted by atomic mass is 79.9. The highest BCUT2D eigenvalue weighted by Gasteiger charge is 2.15. The minimum absolute atomic E-state index is 0.00376. The van der Waals surface area contributed by atoms with E-state index in [4.69, 9.17) is 17.3 Å². The summed E-state index contributed by atoms with van der Waals surface area (Å²) in [6.07, 6.45) is 1.80. The number of aromatic nitrogens is 1. The molecule has 0 aliphatic rings. The van der Waals surface area contributed by atoms with E-state index in [2.05, 4.69) is 25.6 Å². The molecule has 0 fully saturated rings. The van der Waals surface area contributed by atoms with Gasteiger partial charge in [0.2, 0.25) is 10.0 Å². The normalized spacial score (nSPS) is 11.7. The molecule has 2 heterocycles. The van der Waals surface area contributed by atoms with Crippen LogP contribution in [0.3, 0.4) is 0 Å². The van der Waals surface area contributed by atoms with Gasteiger partial charge < -0.3 is 5.73 Å². The zero-order chi connectivity index (χ0) is 14.8. The standard InChI is InChI=1S/C11H11BrClN3O2S2/c12-10-2-1-7(19-10)3-4-16-20(17,18)8-5-9(13)11(14)15-6-8/h1-2,5-6,16H,3-4H2,(H2,14,15). The van der Waals surface area contributed by atoms with Crippen LogP contribution in [-0.4, -0.2) is 19.9 Å². The Labute approximate surface area is 134 Å². The van der Waals surface area contributed by atoms with E-state index in [9.17, 15) is 8.42 Å². The quantitative estimate of drug-likeness (QED) is 0.813. The Morgan fingerprint density at radius 2 is 2.20 bits per heavy atom. The van der Waals surface area contributed by atoms with Gasteiger partial charge in [0.25, 0.3) is 0 Å². The number of nitrogens with one attached hydrogen (secondary N) is 1. The van der Waals surface area contributed by atoms with Crippen LogP contribution < -0.4 is 10.5 Å². The number of pyridine rings is 1. The van der Waals surface area contributed by atoms with E-state index in [0.29, 0.717) is 13.0 Å². The van der Waals surface area contributed by atoms with Crippen LogP contribution in [0.4, 0.5) is 5.82 Å². The molecule has 0 amide bonds. The number of nitrogen functional groups attached to an aromatic ring is 1. The lowest BCUT2D eigenvalue weighted by atomic mass is 10.3. The lowest BCUT2D eigenvalue weighted by Gasteiger charge is -2.06. The fourth-order valence-electron chi connectivity index (χ4n) is 1.46. The molecule has 9 heteroatoms. The van der Waals surface area contributed by atoms with Crippen molar-refractivity contribution in [2.24, 2.45) is 0 Å². The van der Waals surface area contributed by atoms with Gasteiger partial charge in [-0.3, -0.25) is 0 Å². The Morgan fingerprint density at radius 3 is 2.80 bits per heavy atom. The first-order valence-electron chi connectivity index (χ1n) is 5.53. The summed E-state index contributed by atoms with van der Waals surface area (Å²) in [6.45, 7) is 0.303. The summed E-state index contributed by atoms with van der Waals surface area (Å²) in [7, 11) is -3.62. The van der Waals surface area contributed by atoms with Crippen molar-refractivity contribution in [3.63, 3.8) is 0 Å². The number of sulfonamides is 1. The summed E-state index contributed by atoms with van der Waals surface area (Å²) in [6, 6.07) is 5.16. The van der Waals surface area contributed by atoms with Gasteiger partial charge in [-0.1, -0.05) is 11.6 Å². The van der Waals surface area contributed by atoms with Gasteiger partial charge in [-0.15, -0.1) is 11.3 Å². The Kier molecular flexibility index (Phi) is 5.03. The van der Waals surface area contributed by atoms with Crippen molar-refractivity contribution >= 4 is 54.7 Å². The van der Waals surface area contributed by atoms with Gasteiger partial charge in [-0.05, 0) is 40.5 Å². The molecule has 0 unspecified atom stereocenters. The second-order valence-electron chi connectivity index (χ2n) is 3.89. The van der Waals surface area contributed by atoms with Crippen LogP contribution in [0.2, 0.25) is 5.02 Å². The van der Waals surface area contributed by atoms with E-state index >= 15 is 0 Å². The second kappa shape index (κ2) is 6.40. The zero-order valence-electron chi connectivity index (χ0n) is 10.1. The number of anilines is 1. The molecular weight excluding hydrogens is 386 g/mol. The van der Waals surface area contributed by atoms with Gasteiger partial charge >= 0.3 is 0 Å². The highest BCUT2D eigenvalue weighted by molar-refractivity contribution is 9.11. The molecule has 0 spiro atoms. The number of thiophene rings is 1. The lowest BCUT2D eigenvalue weighted by Crippen LogP contribution is -2.26. The van der Waals surface area contributed by atoms with Gasteiger partial charge in [-0.2, -0.15) is 0 Å². The van der Waals surface area contributed by atoms with E-state index in [1.165, 1.54) is 12.3 Å². The van der Waals surface area contributed by atoms with Crippen LogP contribution in [0.25, 0.3) is 0 Å². The molecule has 0 aliphatic heterocycles. The van der Waals surface area contributed by atoms with Crippen LogP contribution in [-0.2, 0) is 16.4 Å². The molecule has 2 aromatic rings. The van der Waals surface area contributed by atoms with Crippen molar-refractivity contribution in [2.45, 2.75) is 11.3 Å². The molecule has 0 radical (unpaired) electrons. The van der Waals surface area contributed by atoms with Crippen LogP contribution >= 0.6 is 38.9 Å². The molecular formula is C11H11BrClN3O2S2. The number of halogens is 2. The van der Waals surface area contributed by atoms with Gasteiger partial charge in [0.15, 0.2) is 0 Å². The number of nitrogens with zero attached hydrogens (tertiary/aromatic N) is 1. The molecule has 0 atom stereocenters. The lowest BCUT2D eigenvalue weighted by molar-refractivity contribution is 0.581. The third-order valence-corrected chi connectivity index (χ3v) is 5.86. The molecule has 2 aromatic heterocycles. The summed E-state index contributed by atoms with van der Waals surface area (Å²) in [4.78, 5) is 4.83. The molecule has 0 saturated carbocycles. The van der Waals surface area contributed by atoms with E-state index in [-0.39, 0.29) is 15.7 Å². The first-order chi connectivity index (χ1) is 9.38. The van der Waals surface area contributed by atoms with E-state index in [0.717, 1.165) is 8.66 Å². The van der Waals surface area contributed by atoms with Crippen molar-refractivity contribution in [1.29, 1.82) is 0 Å². The Bertz CT molecular complexity index is 718. The van der Waals surface area contributed by atoms with Gasteiger partial charge in [0.1, 0.15) is 10.7 Å². The molecule has 5 nitrogen and oxygen atoms in total. The molecule has 0 bridgehead atoms. The van der Waals surface area contributed by atoms with E-state index in [1.807, 2.05) is 12.1 Å². The van der Waals surface area contributed by atoms with Gasteiger partial charge in [-0.25, -0.2) is 18.1 Å². The predicted molar refractivity (Wildman–Crippen MR) is 84.6 cm³/mol. The first kappa shape index (κ1) is 15.7. The number of rotatable bonds is 5. The maximum absolute atomic E-state index is 12.0. The third-order valence-electron chi connectivity index (χ3n) is 2.45. The molecule has 2 rings (SSSR count). The van der Waals surface area contributed by atoms with Crippen LogP contribution in [0.5, 0.6) is 0 Å². The minimum Gasteiger partial charge on any atom is -0.382 e. The monoisotopic (exact) mass is 395 g/mol. The van der Waals surface area contributed by atoms with Crippen molar-refractivity contribution in [1.82, 2.24) is 9.71 Å². The maximum atomic E-state index is 12.0. The summed E-state index contributed by atoms with van der Waals surface area (Å²) >= 11 is 10.7. The summed E-state index contributed by atoms with van der Waals surface area (Å²) in [5.74, 6) is 0.106. The Hall–Kier alpha value is -0.670. The average Bonchev–Trinajstić information content (AvgIpc) is 2.78. The summed E-state index contributed by atoms with van der Waals surface area (Å²) < 4.78 is 27.6. The van der Waals surface area contributed by atoms with Crippen molar-refractivity contribution < 1.29 is 8.42 Å². The molecule has 0 saturated heterocycles. The van der Waals surface area contributed by atoms with Crippen LogP contribution in [0, 0.1) is 0 Å². The average molecular weight is 397 g/mol. The molecule has 108 valence electrons. The van der Waals surface area contributed by atoms with E-state index in [1.54, 1.807) is 11.3 Å². The van der Waals surface area contributed by atoms with Crippen LogP contribution in [0.15, 0.2) is 33.1 Å². The fraction of sp³-hybridized carbons (Fsp3) is 0.182. The molecule has 20 heavy (non-hydrogen) atoms. The highest BCUT2D eigenvalue weighted by Crippen LogP contribution is 2.22. The van der Waals surface area contributed by atoms with Crippen molar-refractivity contribution in [3.05, 3.63) is 38.1 Å². The topological polar surface area (TPSA) is 85.1 Å². The van der Waals surface area contributed by atoms with Crippen molar-refractivity contribution in [3.8, 4) is 0 Å². The first-order valence-corrected chi connectivity index (χ1v) is 9.00. The third kappa shape index (κ3) is 3.92. The minimum atomic E-state index is -3.62. The van der Waals surface area contributed by atoms with Crippen molar-refractivity contribution in [2.75, 3.05) is 12.3 Å². The molecule has 0 aliphatic carbocycles. The molecule has 0 aromatic carbocycles. The summed E-state index contributed by atoms with van der Waals surface area (Å²) in [5, 5.41) is 0.120. The fourth-order valence-corrected chi connectivity index (χ4v) is 4.17. The largest absolute Gasteiger partial charge is 0.382 e. The molecule has 3 N–H and O–H groups in total. The Morgan fingerprint density at radius 1 is 1.45 bits per heavy atom. The predicted octanol–water partition coefficient (Wildman–Crippen LogP) is 2.66. The number of hydrogen-bond donors (Lipinski definition) is 2. The SMILES string of the molecule is Nc1ncc(S(=O)(=O)NCCc2ccc(Br)s2)cc1Cl. The maximum Gasteiger partial charge on any atom is 0.242 e. The smallest absolute Gasteiger partial charge is 0.242 e. The summed E-state index contributed by atoms with van der Waals surface area (Å²) in [5.41, 5.74) is 5.45. The second-order valence-corrected chi connectivity index (χ2v) is 8.61. The number of nitrogens with two attached hydrogens (primary N) is 1. The van der Waals surface area contributed by atoms with Gasteiger partial charge in [0.05, 0.1) is 8.81 Å². The zero-order valence-corrected chi connectivity index (χ0v) is 14.1. The number of hydrogen-bond acceptors (Lipinski definition) is 5. The van der Waals surface area contributed by atoms with Gasteiger partial charge in [0, 0.05) is 17.6 Å². The van der Waals surface area contributed by atoms with Crippen LogP contribution in [0.1, 0.15) is 4.88 Å². The van der Waals surface area contributed by atoms with E-state index < -0.39 is 10.0 Å².